The fourth-order valence-electron chi connectivity index (χ4n) is 5.16. The summed E-state index contributed by atoms with van der Waals surface area (Å²) in [6.45, 7) is 15.5. The Labute approximate surface area is 428 Å². The summed E-state index contributed by atoms with van der Waals surface area (Å²) in [4.78, 5) is 89.2. The number of halogens is 1. The van der Waals surface area contributed by atoms with E-state index in [4.69, 9.17) is 36.7 Å². The molecule has 0 saturated carbocycles. The molecule has 1 unspecified atom stereocenters. The smallest absolute Gasteiger partial charge is 0.408 e. The molecule has 21 heteroatoms. The lowest BCUT2D eigenvalue weighted by atomic mass is 10.0. The molecule has 3 rings (SSSR count). The molecule has 0 aliphatic rings. The fourth-order valence-corrected chi connectivity index (χ4v) is 5.47. The minimum atomic E-state index is -1.09. The van der Waals surface area contributed by atoms with Crippen LogP contribution in [-0.4, -0.2) is 116 Å². The third-order valence-electron chi connectivity index (χ3n) is 8.51. The maximum absolute atomic E-state index is 12.3. The summed E-state index contributed by atoms with van der Waals surface area (Å²) in [5.41, 5.74) is 6.65. The second kappa shape index (κ2) is 36.7. The summed E-state index contributed by atoms with van der Waals surface area (Å²) in [5.74, 6) is -3.75. The van der Waals surface area contributed by atoms with Crippen molar-refractivity contribution in [2.24, 2.45) is 11.7 Å². The highest BCUT2D eigenvalue weighted by atomic mass is 35.5. The van der Waals surface area contributed by atoms with E-state index in [9.17, 15) is 38.4 Å². The molecule has 0 spiro atoms. The molecule has 0 radical (unpaired) electrons. The van der Waals surface area contributed by atoms with Crippen LogP contribution < -0.4 is 21.1 Å². The standard InChI is InChI=1S/C19H27NO5.C10H13NO2S.C10H13NO2.C8H15NO4.C3H5ClO2/c1-13(11-16(21)25-19(2,3)4)17(22)20-15(18(23)24-5)12-14-9-7-6-8-10-14;1-13-10(12)9(11-14)7-8-5-3-2-4-6-8;1-13-10(12)9(11)7-8-5-3-2-4-6-8;1-5(6(10)11)9-7(12)13-8(2,3)4;1-2-6-3(4)5/h6-10,13,15H,11-12H2,1-5H3,(H,20,22);2-6,9,11,14H,7H2,1H3;2-6,9H,7,11H2,1H3;5H,1-4H3,(H,9,12)(H,10,11);2H2,1H3/t13-,15+;9-;;5-;/m10.0./s1. The number of hydrogen-bond donors (Lipinski definition) is 6. The van der Waals surface area contributed by atoms with Crippen LogP contribution in [0.5, 0.6) is 0 Å². The molecule has 0 aliphatic heterocycles. The summed E-state index contributed by atoms with van der Waals surface area (Å²) >= 11 is 8.61. The van der Waals surface area contributed by atoms with Gasteiger partial charge in [-0.2, -0.15) is 0 Å². The second-order valence-corrected chi connectivity index (χ2v) is 17.6. The number of carbonyl (C=O) groups is 8. The molecule has 2 amide bonds. The zero-order chi connectivity index (χ0) is 54.7. The predicted molar refractivity (Wildman–Crippen MR) is 271 cm³/mol. The number of benzene rings is 3. The Morgan fingerprint density at radius 1 is 0.634 bits per heavy atom. The number of amides is 2. The molecule has 0 fully saturated rings. The second-order valence-electron chi connectivity index (χ2n) is 17.1. The molecule has 5 atom stereocenters. The van der Waals surface area contributed by atoms with Gasteiger partial charge in [-0.25, -0.2) is 14.4 Å². The Morgan fingerprint density at radius 2 is 1.03 bits per heavy atom. The molecule has 396 valence electrons. The van der Waals surface area contributed by atoms with Crippen LogP contribution in [0.1, 0.15) is 85.4 Å². The van der Waals surface area contributed by atoms with Gasteiger partial charge in [-0.05, 0) is 84.9 Å². The van der Waals surface area contributed by atoms with E-state index in [0.29, 0.717) is 25.9 Å². The van der Waals surface area contributed by atoms with Crippen LogP contribution in [0.25, 0.3) is 0 Å². The number of carbonyl (C=O) groups excluding carboxylic acids is 7. The van der Waals surface area contributed by atoms with Gasteiger partial charge in [0.25, 0.3) is 0 Å². The lowest BCUT2D eigenvalue weighted by Gasteiger charge is -2.22. The normalized spacial score (nSPS) is 12.4. The molecule has 3 aromatic rings. The minimum absolute atomic E-state index is 0.0532. The number of methoxy groups -OCH3 is 3. The molecule has 3 aromatic carbocycles. The maximum atomic E-state index is 12.3. The van der Waals surface area contributed by atoms with Gasteiger partial charge in [0.05, 0.1) is 34.4 Å². The van der Waals surface area contributed by atoms with Crippen LogP contribution in [0.2, 0.25) is 0 Å². The predicted octanol–water partition coefficient (Wildman–Crippen LogP) is 6.56. The van der Waals surface area contributed by atoms with Gasteiger partial charge in [0, 0.05) is 23.9 Å². The topological polar surface area (TPSA) is 274 Å². The third kappa shape index (κ3) is 35.5. The van der Waals surface area contributed by atoms with Crippen LogP contribution in [0.4, 0.5) is 9.59 Å². The van der Waals surface area contributed by atoms with Crippen molar-refractivity contribution in [1.82, 2.24) is 15.4 Å². The maximum Gasteiger partial charge on any atom is 0.408 e. The van der Waals surface area contributed by atoms with Gasteiger partial charge < -0.3 is 49.9 Å². The molecule has 0 heterocycles. The van der Waals surface area contributed by atoms with Crippen molar-refractivity contribution >= 4 is 71.7 Å². The van der Waals surface area contributed by atoms with Crippen molar-refractivity contribution in [3.05, 3.63) is 108 Å². The van der Waals surface area contributed by atoms with Gasteiger partial charge >= 0.3 is 41.4 Å². The SMILES string of the molecule is CCOC(=O)Cl.COC(=O)C(N)Cc1ccccc1.COC(=O)[C@H](Cc1ccccc1)NC(=O)[C@H](C)CC(=O)OC(C)(C)C.COC(=O)[C@H](Cc1ccccc1)NS.C[C@H](NC(=O)OC(C)(C)C)C(=O)O. The van der Waals surface area contributed by atoms with Crippen LogP contribution in [0, 0.1) is 5.92 Å². The van der Waals surface area contributed by atoms with E-state index in [-0.39, 0.29) is 18.4 Å². The van der Waals surface area contributed by atoms with Gasteiger partial charge in [0.1, 0.15) is 35.4 Å². The number of rotatable bonds is 17. The number of nitrogens with two attached hydrogens (primary N) is 1. The van der Waals surface area contributed by atoms with E-state index in [0.717, 1.165) is 16.7 Å². The highest BCUT2D eigenvalue weighted by Gasteiger charge is 2.27. The first kappa shape index (κ1) is 66.9. The summed E-state index contributed by atoms with van der Waals surface area (Å²) in [5, 5.41) is 13.3. The van der Waals surface area contributed by atoms with E-state index in [1.54, 1.807) is 55.4 Å². The minimum Gasteiger partial charge on any atom is -0.480 e. The molecule has 0 aliphatic carbocycles. The number of nitrogens with one attached hydrogen (secondary N) is 3. The van der Waals surface area contributed by atoms with E-state index < -0.39 is 76.6 Å². The van der Waals surface area contributed by atoms with Gasteiger partial charge in [0.15, 0.2) is 0 Å². The van der Waals surface area contributed by atoms with Crippen molar-refractivity contribution in [2.45, 2.75) is 123 Å². The van der Waals surface area contributed by atoms with E-state index >= 15 is 0 Å². The van der Waals surface area contributed by atoms with E-state index in [2.05, 4.69) is 42.4 Å². The summed E-state index contributed by atoms with van der Waals surface area (Å²) in [6.07, 6.45) is 0.646. The molecule has 0 bridgehead atoms. The lowest BCUT2D eigenvalue weighted by Crippen LogP contribution is -2.45. The number of ether oxygens (including phenoxy) is 6. The summed E-state index contributed by atoms with van der Waals surface area (Å²) < 4.78 is 30.8. The monoisotopic (exact) mass is 1040 g/mol. The van der Waals surface area contributed by atoms with Crippen molar-refractivity contribution < 1.29 is 71.9 Å². The van der Waals surface area contributed by atoms with Crippen LogP contribution in [-0.2, 0) is 76.5 Å². The Balaban J connectivity index is 0. The van der Waals surface area contributed by atoms with Crippen LogP contribution in [0.3, 0.4) is 0 Å². The van der Waals surface area contributed by atoms with E-state index in [1.165, 1.54) is 28.3 Å². The molecule has 0 aromatic heterocycles. The Kier molecular flexibility index (Phi) is 34.5. The number of alkyl carbamates (subject to hydrolysis) is 1. The van der Waals surface area contributed by atoms with Crippen LogP contribution in [0.15, 0.2) is 91.0 Å². The van der Waals surface area contributed by atoms with Gasteiger partial charge in [0.2, 0.25) is 5.91 Å². The molecule has 71 heavy (non-hydrogen) atoms. The first-order valence-electron chi connectivity index (χ1n) is 22.2. The van der Waals surface area contributed by atoms with Gasteiger partial charge in [-0.1, -0.05) is 111 Å². The third-order valence-corrected chi connectivity index (χ3v) is 8.93. The van der Waals surface area contributed by atoms with Gasteiger partial charge in [-0.3, -0.25) is 28.7 Å². The summed E-state index contributed by atoms with van der Waals surface area (Å²) in [6, 6.07) is 26.0. The van der Waals surface area contributed by atoms with E-state index in [1.807, 2.05) is 91.0 Å². The number of esters is 4. The largest absolute Gasteiger partial charge is 0.480 e. The highest BCUT2D eigenvalue weighted by Crippen LogP contribution is 2.13. The summed E-state index contributed by atoms with van der Waals surface area (Å²) in [7, 11) is 3.98. The molecule has 6 N–H and O–H groups in total. The van der Waals surface area contributed by atoms with Crippen LogP contribution >= 0.6 is 24.4 Å². The van der Waals surface area contributed by atoms with Gasteiger partial charge in [-0.15, -0.1) is 0 Å². The van der Waals surface area contributed by atoms with Crippen molar-refractivity contribution in [3.63, 3.8) is 0 Å². The number of thiol groups is 1. The lowest BCUT2D eigenvalue weighted by molar-refractivity contribution is -0.157. The highest BCUT2D eigenvalue weighted by molar-refractivity contribution is 7.78. The number of carboxylic acid groups (broad SMARTS) is 1. The average Bonchev–Trinajstić information content (AvgIpc) is 3.30. The zero-order valence-electron chi connectivity index (χ0n) is 42.6. The first-order valence-corrected chi connectivity index (χ1v) is 23.0. The quantitative estimate of drug-likeness (QED) is 0.0362. The average molecular weight is 1040 g/mol. The Bertz CT molecular complexity index is 2040. The Morgan fingerprint density at radius 3 is 1.37 bits per heavy atom. The van der Waals surface area contributed by atoms with Crippen molar-refractivity contribution in [3.8, 4) is 0 Å². The number of carboxylic acids is 1. The number of hydrogen-bond acceptors (Lipinski definition) is 17. The molecular weight excluding hydrogens is 964 g/mol. The number of aliphatic carboxylic acids is 1. The van der Waals surface area contributed by atoms with Crippen molar-refractivity contribution in [2.75, 3.05) is 27.9 Å². The first-order chi connectivity index (χ1) is 33.1. The molecule has 0 saturated heterocycles. The Hall–Kier alpha value is -6.22. The molecule has 19 nitrogen and oxygen atoms in total. The molecular formula is C50H73ClN4O15S. The fraction of sp³-hybridized carbons (Fsp3) is 0.480. The van der Waals surface area contributed by atoms with Crippen molar-refractivity contribution in [1.29, 1.82) is 0 Å². The zero-order valence-corrected chi connectivity index (χ0v) is 44.3.